The van der Waals surface area contributed by atoms with E-state index in [1.165, 1.54) is 0 Å². The molecule has 7 heteroatoms. The first kappa shape index (κ1) is 14.9. The van der Waals surface area contributed by atoms with Crippen LogP contribution in [0.2, 0.25) is 0 Å². The van der Waals surface area contributed by atoms with Crippen LogP contribution in [0.5, 0.6) is 0 Å². The van der Waals surface area contributed by atoms with Crippen molar-refractivity contribution in [2.45, 2.75) is 18.3 Å². The SMILES string of the molecule is CSCc1ccc(C(=O)N2CC(C)(OCC(=O)O)C2)o1. The van der Waals surface area contributed by atoms with Crippen molar-refractivity contribution in [3.05, 3.63) is 23.7 Å². The minimum Gasteiger partial charge on any atom is -0.480 e. The van der Waals surface area contributed by atoms with E-state index >= 15 is 0 Å². The summed E-state index contributed by atoms with van der Waals surface area (Å²) in [6.45, 7) is 2.19. The zero-order chi connectivity index (χ0) is 14.8. The van der Waals surface area contributed by atoms with Gasteiger partial charge in [-0.2, -0.15) is 11.8 Å². The topological polar surface area (TPSA) is 80.0 Å². The number of carbonyl (C=O) groups excluding carboxylic acids is 1. The van der Waals surface area contributed by atoms with Crippen molar-refractivity contribution < 1.29 is 23.8 Å². The lowest BCUT2D eigenvalue weighted by atomic mass is 9.96. The van der Waals surface area contributed by atoms with Gasteiger partial charge in [0, 0.05) is 0 Å². The van der Waals surface area contributed by atoms with Crippen molar-refractivity contribution in [3.8, 4) is 0 Å². The van der Waals surface area contributed by atoms with Crippen molar-refractivity contribution >= 4 is 23.6 Å². The lowest BCUT2D eigenvalue weighted by Crippen LogP contribution is -2.63. The van der Waals surface area contributed by atoms with Crippen LogP contribution in [-0.4, -0.2) is 53.4 Å². The maximum atomic E-state index is 12.1. The zero-order valence-corrected chi connectivity index (χ0v) is 12.2. The zero-order valence-electron chi connectivity index (χ0n) is 11.4. The second-order valence-electron chi connectivity index (χ2n) is 4.99. The Morgan fingerprint density at radius 3 is 2.80 bits per heavy atom. The molecule has 20 heavy (non-hydrogen) atoms. The smallest absolute Gasteiger partial charge is 0.329 e. The molecular weight excluding hydrogens is 282 g/mol. The van der Waals surface area contributed by atoms with Gasteiger partial charge in [0.15, 0.2) is 5.76 Å². The number of furan rings is 1. The van der Waals surface area contributed by atoms with Gasteiger partial charge in [-0.15, -0.1) is 0 Å². The fourth-order valence-corrected chi connectivity index (χ4v) is 2.54. The van der Waals surface area contributed by atoms with Crippen LogP contribution in [0.15, 0.2) is 16.5 Å². The Kier molecular flexibility index (Phi) is 4.39. The maximum absolute atomic E-state index is 12.1. The molecule has 1 aromatic rings. The van der Waals surface area contributed by atoms with E-state index in [4.69, 9.17) is 14.3 Å². The molecule has 1 aliphatic rings. The van der Waals surface area contributed by atoms with Crippen LogP contribution in [0.1, 0.15) is 23.2 Å². The highest BCUT2D eigenvalue weighted by molar-refractivity contribution is 7.97. The summed E-state index contributed by atoms with van der Waals surface area (Å²) in [5.74, 6) is 0.616. The first-order chi connectivity index (χ1) is 9.43. The fraction of sp³-hybridized carbons (Fsp3) is 0.538. The van der Waals surface area contributed by atoms with Crippen LogP contribution >= 0.6 is 11.8 Å². The van der Waals surface area contributed by atoms with Crippen LogP contribution in [0.4, 0.5) is 0 Å². The molecule has 0 bridgehead atoms. The largest absolute Gasteiger partial charge is 0.480 e. The second kappa shape index (κ2) is 5.88. The van der Waals surface area contributed by atoms with Gasteiger partial charge in [-0.05, 0) is 25.3 Å². The number of nitrogens with zero attached hydrogens (tertiary/aromatic N) is 1. The summed E-state index contributed by atoms with van der Waals surface area (Å²) < 4.78 is 10.7. The number of carboxylic acid groups (broad SMARTS) is 1. The predicted molar refractivity (Wildman–Crippen MR) is 73.8 cm³/mol. The van der Waals surface area contributed by atoms with E-state index in [9.17, 15) is 9.59 Å². The van der Waals surface area contributed by atoms with Gasteiger partial charge in [0.25, 0.3) is 5.91 Å². The Balaban J connectivity index is 1.87. The van der Waals surface area contributed by atoms with E-state index in [0.29, 0.717) is 18.8 Å². The van der Waals surface area contributed by atoms with Crippen molar-refractivity contribution in [2.24, 2.45) is 0 Å². The molecule has 0 aliphatic carbocycles. The molecule has 6 nitrogen and oxygen atoms in total. The molecule has 0 saturated carbocycles. The number of thioether (sulfide) groups is 1. The van der Waals surface area contributed by atoms with Gasteiger partial charge in [-0.25, -0.2) is 4.79 Å². The quantitative estimate of drug-likeness (QED) is 0.856. The third kappa shape index (κ3) is 3.34. The number of hydrogen-bond acceptors (Lipinski definition) is 5. The molecule has 1 saturated heterocycles. The molecule has 2 heterocycles. The summed E-state index contributed by atoms with van der Waals surface area (Å²) in [5, 5.41) is 8.58. The Morgan fingerprint density at radius 2 is 2.20 bits per heavy atom. The molecular formula is C13H17NO5S. The van der Waals surface area contributed by atoms with E-state index < -0.39 is 11.6 Å². The molecule has 0 unspecified atom stereocenters. The number of amides is 1. The Hall–Kier alpha value is -1.47. The highest BCUT2D eigenvalue weighted by Gasteiger charge is 2.43. The van der Waals surface area contributed by atoms with E-state index in [1.54, 1.807) is 35.7 Å². The number of hydrogen-bond donors (Lipinski definition) is 1. The van der Waals surface area contributed by atoms with Crippen LogP contribution in [-0.2, 0) is 15.3 Å². The summed E-state index contributed by atoms with van der Waals surface area (Å²) in [5.41, 5.74) is -0.581. The number of carboxylic acids is 1. The van der Waals surface area contributed by atoms with Gasteiger partial charge in [-0.3, -0.25) is 4.79 Å². The molecule has 1 N–H and O–H groups in total. The van der Waals surface area contributed by atoms with E-state index in [-0.39, 0.29) is 12.5 Å². The van der Waals surface area contributed by atoms with Gasteiger partial charge in [0.2, 0.25) is 0 Å². The first-order valence-electron chi connectivity index (χ1n) is 6.16. The van der Waals surface area contributed by atoms with Crippen molar-refractivity contribution in [1.29, 1.82) is 0 Å². The van der Waals surface area contributed by atoms with Crippen LogP contribution in [0.25, 0.3) is 0 Å². The summed E-state index contributed by atoms with van der Waals surface area (Å²) >= 11 is 1.62. The van der Waals surface area contributed by atoms with Gasteiger partial charge in [0.1, 0.15) is 18.0 Å². The normalized spacial score (nSPS) is 16.8. The van der Waals surface area contributed by atoms with E-state index in [0.717, 1.165) is 11.5 Å². The second-order valence-corrected chi connectivity index (χ2v) is 5.86. The Morgan fingerprint density at radius 1 is 1.50 bits per heavy atom. The Labute approximate surface area is 121 Å². The average molecular weight is 299 g/mol. The van der Waals surface area contributed by atoms with Gasteiger partial charge in [-0.1, -0.05) is 0 Å². The third-order valence-electron chi connectivity index (χ3n) is 3.04. The highest BCUT2D eigenvalue weighted by Crippen LogP contribution is 2.27. The van der Waals surface area contributed by atoms with Crippen molar-refractivity contribution in [3.63, 3.8) is 0 Å². The molecule has 2 rings (SSSR count). The van der Waals surface area contributed by atoms with E-state index in [1.807, 2.05) is 6.26 Å². The average Bonchev–Trinajstić information content (AvgIpc) is 2.81. The maximum Gasteiger partial charge on any atom is 0.329 e. The number of aliphatic carboxylic acids is 1. The van der Waals surface area contributed by atoms with Crippen molar-refractivity contribution in [1.82, 2.24) is 4.90 Å². The summed E-state index contributed by atoms with van der Waals surface area (Å²) in [6.07, 6.45) is 1.96. The minimum absolute atomic E-state index is 0.186. The summed E-state index contributed by atoms with van der Waals surface area (Å²) in [6, 6.07) is 3.46. The molecule has 0 atom stereocenters. The Bertz CT molecular complexity index is 507. The minimum atomic E-state index is -1.01. The van der Waals surface area contributed by atoms with Gasteiger partial charge in [0.05, 0.1) is 18.8 Å². The van der Waals surface area contributed by atoms with Crippen molar-refractivity contribution in [2.75, 3.05) is 26.0 Å². The molecule has 1 amide bonds. The molecule has 1 aromatic heterocycles. The lowest BCUT2D eigenvalue weighted by Gasteiger charge is -2.46. The van der Waals surface area contributed by atoms with Gasteiger partial charge >= 0.3 is 5.97 Å². The summed E-state index contributed by atoms with van der Waals surface area (Å²) in [7, 11) is 0. The predicted octanol–water partition coefficient (Wildman–Crippen LogP) is 1.46. The number of likely N-dealkylation sites (tertiary alicyclic amines) is 1. The van der Waals surface area contributed by atoms with Gasteiger partial charge < -0.3 is 19.2 Å². The van der Waals surface area contributed by atoms with Crippen LogP contribution in [0, 0.1) is 0 Å². The first-order valence-corrected chi connectivity index (χ1v) is 7.55. The highest BCUT2D eigenvalue weighted by atomic mass is 32.2. The molecule has 110 valence electrons. The lowest BCUT2D eigenvalue weighted by molar-refractivity contribution is -0.160. The number of rotatable bonds is 6. The molecule has 0 aromatic carbocycles. The molecule has 0 radical (unpaired) electrons. The molecule has 0 spiro atoms. The fourth-order valence-electron chi connectivity index (χ4n) is 2.10. The standard InChI is InChI=1S/C13H17NO5S/c1-13(18-5-11(15)16)7-14(8-13)12(17)10-4-3-9(19-10)6-20-2/h3-4H,5-8H2,1-2H3,(H,15,16). The molecule has 1 fully saturated rings. The van der Waals surface area contributed by atoms with Crippen LogP contribution < -0.4 is 0 Å². The summed E-state index contributed by atoms with van der Waals surface area (Å²) in [4.78, 5) is 24.2. The third-order valence-corrected chi connectivity index (χ3v) is 3.61. The monoisotopic (exact) mass is 299 g/mol. The number of ether oxygens (including phenoxy) is 1. The van der Waals surface area contributed by atoms with E-state index in [2.05, 4.69) is 0 Å². The number of carbonyl (C=O) groups is 2. The van der Waals surface area contributed by atoms with Crippen LogP contribution in [0.3, 0.4) is 0 Å². The molecule has 1 aliphatic heterocycles.